The van der Waals surface area contributed by atoms with Crippen LogP contribution in [0.15, 0.2) is 48.7 Å². The highest BCUT2D eigenvalue weighted by atomic mass is 16.2. The molecule has 7 heteroatoms. The summed E-state index contributed by atoms with van der Waals surface area (Å²) in [6, 6.07) is 13.6. The number of anilines is 2. The Morgan fingerprint density at radius 3 is 2.42 bits per heavy atom. The number of carbonyl (C=O) groups excluding carboxylic acids is 2. The summed E-state index contributed by atoms with van der Waals surface area (Å²) in [6.07, 6.45) is 4.11. The number of hydrogen-bond donors (Lipinski definition) is 2. The first-order chi connectivity index (χ1) is 14.9. The average molecular weight is 418 g/mol. The van der Waals surface area contributed by atoms with Crippen molar-refractivity contribution in [3.05, 3.63) is 59.8 Å². The van der Waals surface area contributed by atoms with Gasteiger partial charge in [0.05, 0.1) is 5.57 Å². The zero-order chi connectivity index (χ0) is 22.4. The van der Waals surface area contributed by atoms with Gasteiger partial charge in [-0.15, -0.1) is 0 Å². The van der Waals surface area contributed by atoms with E-state index in [1.807, 2.05) is 32.1 Å². The quantitative estimate of drug-likeness (QED) is 0.370. The Morgan fingerprint density at radius 1 is 0.968 bits per heavy atom. The van der Waals surface area contributed by atoms with Crippen molar-refractivity contribution in [1.29, 1.82) is 0 Å². The molecule has 1 heterocycles. The Morgan fingerprint density at radius 2 is 1.71 bits per heavy atom. The van der Waals surface area contributed by atoms with E-state index in [1.54, 1.807) is 12.3 Å². The van der Waals surface area contributed by atoms with Gasteiger partial charge in [-0.2, -0.15) is 0 Å². The second-order valence-corrected chi connectivity index (χ2v) is 8.16. The largest absolute Gasteiger partial charge is 0.373 e. The lowest BCUT2D eigenvalue weighted by Crippen LogP contribution is -2.37. The lowest BCUT2D eigenvalue weighted by atomic mass is 9.87. The van der Waals surface area contributed by atoms with Crippen molar-refractivity contribution < 1.29 is 9.59 Å². The van der Waals surface area contributed by atoms with Crippen molar-refractivity contribution in [1.82, 2.24) is 10.2 Å². The predicted molar refractivity (Wildman–Crippen MR) is 131 cm³/mol. The minimum absolute atomic E-state index is 0.357. The Labute approximate surface area is 185 Å². The third-order valence-electron chi connectivity index (χ3n) is 5.58. The van der Waals surface area contributed by atoms with E-state index in [9.17, 15) is 9.59 Å². The standard InChI is InChI=1S/C24H31BN4O2/c1-4-5-12-28(2)13-14-29(3)19-9-7-18(8-10-19)26-16-22-21-15-17(25)6-11-20(21)23(30)27-24(22)31/h6-11,15-16,26H,4-5,12-14,25H2,1-3H3,(H,27,30,31)/b22-16+. The molecule has 2 aromatic carbocycles. The monoisotopic (exact) mass is 418 g/mol. The minimum atomic E-state index is -0.390. The molecule has 0 saturated heterocycles. The fourth-order valence-electron chi connectivity index (χ4n) is 3.54. The van der Waals surface area contributed by atoms with Crippen LogP contribution in [0.2, 0.25) is 0 Å². The van der Waals surface area contributed by atoms with Gasteiger partial charge in [0.15, 0.2) is 0 Å². The second-order valence-electron chi connectivity index (χ2n) is 8.16. The molecule has 0 bridgehead atoms. The third-order valence-corrected chi connectivity index (χ3v) is 5.58. The molecule has 31 heavy (non-hydrogen) atoms. The van der Waals surface area contributed by atoms with Gasteiger partial charge in [-0.3, -0.25) is 14.9 Å². The van der Waals surface area contributed by atoms with Gasteiger partial charge in [0, 0.05) is 48.8 Å². The molecule has 162 valence electrons. The molecule has 0 unspecified atom stereocenters. The summed E-state index contributed by atoms with van der Waals surface area (Å²) in [5, 5.41) is 5.60. The molecular formula is C24H31BN4O2. The van der Waals surface area contributed by atoms with Gasteiger partial charge in [0.2, 0.25) is 0 Å². The van der Waals surface area contributed by atoms with Gasteiger partial charge >= 0.3 is 0 Å². The number of nitrogens with one attached hydrogen (secondary N) is 2. The molecule has 0 spiro atoms. The number of unbranched alkanes of at least 4 members (excludes halogenated alkanes) is 1. The van der Waals surface area contributed by atoms with Crippen LogP contribution in [-0.4, -0.2) is 58.3 Å². The van der Waals surface area contributed by atoms with Crippen molar-refractivity contribution in [2.75, 3.05) is 43.9 Å². The van der Waals surface area contributed by atoms with Crippen molar-refractivity contribution >= 4 is 42.1 Å². The fraction of sp³-hybridized carbons (Fsp3) is 0.333. The Balaban J connectivity index is 1.66. The number of carbonyl (C=O) groups is 2. The smallest absolute Gasteiger partial charge is 0.260 e. The molecular weight excluding hydrogens is 387 g/mol. The van der Waals surface area contributed by atoms with Crippen LogP contribution in [0.5, 0.6) is 0 Å². The lowest BCUT2D eigenvalue weighted by Gasteiger charge is -2.24. The molecule has 6 nitrogen and oxygen atoms in total. The summed E-state index contributed by atoms with van der Waals surface area (Å²) in [4.78, 5) is 29.1. The van der Waals surface area contributed by atoms with Crippen LogP contribution in [0, 0.1) is 0 Å². The van der Waals surface area contributed by atoms with E-state index in [4.69, 9.17) is 0 Å². The molecule has 0 aliphatic carbocycles. The molecule has 2 N–H and O–H groups in total. The maximum atomic E-state index is 12.4. The number of nitrogens with zero attached hydrogens (tertiary/aromatic N) is 2. The van der Waals surface area contributed by atoms with E-state index >= 15 is 0 Å². The molecule has 1 aliphatic rings. The van der Waals surface area contributed by atoms with Crippen LogP contribution in [0.25, 0.3) is 5.57 Å². The van der Waals surface area contributed by atoms with Gasteiger partial charge in [-0.05, 0) is 50.3 Å². The number of benzene rings is 2. The molecule has 0 fully saturated rings. The topological polar surface area (TPSA) is 64.7 Å². The number of amides is 2. The van der Waals surface area contributed by atoms with Crippen molar-refractivity contribution in [2.45, 2.75) is 19.8 Å². The summed E-state index contributed by atoms with van der Waals surface area (Å²) >= 11 is 0. The predicted octanol–water partition coefficient (Wildman–Crippen LogP) is 1.84. The van der Waals surface area contributed by atoms with Crippen LogP contribution >= 0.6 is 0 Å². The SMILES string of the molecule is Bc1ccc2c(c1)/C(=C\Nc1ccc(N(C)CCN(C)CCCC)cc1)C(=O)NC2=O. The van der Waals surface area contributed by atoms with Crippen molar-refractivity contribution in [3.63, 3.8) is 0 Å². The van der Waals surface area contributed by atoms with Crippen LogP contribution in [0.3, 0.4) is 0 Å². The Hall–Kier alpha value is -3.06. The van der Waals surface area contributed by atoms with Crippen LogP contribution in [0.1, 0.15) is 35.7 Å². The van der Waals surface area contributed by atoms with Gasteiger partial charge in [-0.25, -0.2) is 0 Å². The molecule has 0 saturated carbocycles. The van der Waals surface area contributed by atoms with E-state index < -0.39 is 0 Å². The zero-order valence-corrected chi connectivity index (χ0v) is 18.9. The normalized spacial score (nSPS) is 14.5. The van der Waals surface area contributed by atoms with E-state index in [1.165, 1.54) is 12.8 Å². The molecule has 0 aromatic heterocycles. The van der Waals surface area contributed by atoms with Crippen molar-refractivity contribution in [3.8, 4) is 0 Å². The molecule has 0 radical (unpaired) electrons. The fourth-order valence-corrected chi connectivity index (χ4v) is 3.54. The van der Waals surface area contributed by atoms with Gasteiger partial charge in [0.1, 0.15) is 7.85 Å². The zero-order valence-electron chi connectivity index (χ0n) is 18.9. The molecule has 3 rings (SSSR count). The van der Waals surface area contributed by atoms with Gasteiger partial charge in [0.25, 0.3) is 11.8 Å². The molecule has 0 atom stereocenters. The first-order valence-corrected chi connectivity index (χ1v) is 10.8. The molecule has 2 amide bonds. The number of hydrogen-bond acceptors (Lipinski definition) is 5. The summed E-state index contributed by atoms with van der Waals surface area (Å²) < 4.78 is 0. The minimum Gasteiger partial charge on any atom is -0.373 e. The summed E-state index contributed by atoms with van der Waals surface area (Å²) in [6.45, 7) is 5.33. The highest BCUT2D eigenvalue weighted by molar-refractivity contribution is 6.35. The van der Waals surface area contributed by atoms with Crippen LogP contribution in [0.4, 0.5) is 11.4 Å². The van der Waals surface area contributed by atoms with Gasteiger partial charge in [-0.1, -0.05) is 30.9 Å². The summed E-state index contributed by atoms with van der Waals surface area (Å²) in [7, 11) is 6.21. The first-order valence-electron chi connectivity index (χ1n) is 10.8. The number of imide groups is 1. The summed E-state index contributed by atoms with van der Waals surface area (Å²) in [5.74, 6) is -0.746. The highest BCUT2D eigenvalue weighted by Gasteiger charge is 2.27. The van der Waals surface area contributed by atoms with E-state index in [2.05, 4.69) is 53.6 Å². The maximum absolute atomic E-state index is 12.4. The number of rotatable bonds is 9. The van der Waals surface area contributed by atoms with Crippen LogP contribution < -0.4 is 21.0 Å². The Bertz CT molecular complexity index is 972. The highest BCUT2D eigenvalue weighted by Crippen LogP contribution is 2.24. The van der Waals surface area contributed by atoms with Crippen LogP contribution in [-0.2, 0) is 4.79 Å². The third kappa shape index (κ3) is 5.76. The second kappa shape index (κ2) is 10.3. The van der Waals surface area contributed by atoms with E-state index in [-0.39, 0.29) is 11.8 Å². The average Bonchev–Trinajstić information content (AvgIpc) is 2.76. The Kier molecular flexibility index (Phi) is 7.52. The summed E-state index contributed by atoms with van der Waals surface area (Å²) in [5.41, 5.74) is 4.64. The molecule has 1 aliphatic heterocycles. The van der Waals surface area contributed by atoms with Gasteiger partial charge < -0.3 is 15.1 Å². The number of likely N-dealkylation sites (N-methyl/N-ethyl adjacent to an activating group) is 2. The maximum Gasteiger partial charge on any atom is 0.260 e. The first kappa shape index (κ1) is 22.6. The molecule has 2 aromatic rings. The number of fused-ring (bicyclic) bond motifs is 1. The van der Waals surface area contributed by atoms with E-state index in [0.29, 0.717) is 16.7 Å². The lowest BCUT2D eigenvalue weighted by molar-refractivity contribution is -0.114. The van der Waals surface area contributed by atoms with Crippen molar-refractivity contribution in [2.24, 2.45) is 0 Å². The van der Waals surface area contributed by atoms with E-state index in [0.717, 1.165) is 36.5 Å².